The highest BCUT2D eigenvalue weighted by molar-refractivity contribution is 6.42. The first kappa shape index (κ1) is 14.8. The average Bonchev–Trinajstić information content (AvgIpc) is 2.30. The minimum absolute atomic E-state index is 0.244. The van der Waals surface area contributed by atoms with Crippen molar-refractivity contribution in [3.63, 3.8) is 0 Å². The maximum Gasteiger partial charge on any atom is 0.0806 e. The van der Waals surface area contributed by atoms with Gasteiger partial charge in [0.15, 0.2) is 0 Å². The molecule has 1 unspecified atom stereocenters. The number of ether oxygens (including phenoxy) is 1. The molecule has 0 aliphatic rings. The Morgan fingerprint density at radius 1 is 1.35 bits per heavy atom. The van der Waals surface area contributed by atoms with E-state index in [4.69, 9.17) is 27.9 Å². The first-order chi connectivity index (χ1) is 7.87. The summed E-state index contributed by atoms with van der Waals surface area (Å²) in [5.41, 5.74) is 0.428. The summed E-state index contributed by atoms with van der Waals surface area (Å²) in [6, 6.07) is 5.28. The Labute approximate surface area is 113 Å². The Bertz CT molecular complexity index is 378. The molecule has 0 spiro atoms. The lowest BCUT2D eigenvalue weighted by atomic mass is 9.96. The van der Waals surface area contributed by atoms with Gasteiger partial charge in [0.05, 0.1) is 21.8 Å². The van der Waals surface area contributed by atoms with E-state index in [9.17, 15) is 5.11 Å². The monoisotopic (exact) mass is 276 g/mol. The van der Waals surface area contributed by atoms with Crippen LogP contribution in [-0.2, 0) is 4.74 Å². The van der Waals surface area contributed by atoms with Crippen molar-refractivity contribution >= 4 is 23.2 Å². The van der Waals surface area contributed by atoms with Gasteiger partial charge in [0.25, 0.3) is 0 Å². The molecule has 17 heavy (non-hydrogen) atoms. The topological polar surface area (TPSA) is 29.5 Å². The predicted molar refractivity (Wildman–Crippen MR) is 71.7 cm³/mol. The minimum atomic E-state index is -0.615. The number of halogens is 2. The lowest BCUT2D eigenvalue weighted by molar-refractivity contribution is 0.00280. The largest absolute Gasteiger partial charge is 0.388 e. The van der Waals surface area contributed by atoms with Gasteiger partial charge in [-0.3, -0.25) is 0 Å². The van der Waals surface area contributed by atoms with Crippen LogP contribution in [0.5, 0.6) is 0 Å². The van der Waals surface area contributed by atoms with Crippen LogP contribution >= 0.6 is 23.2 Å². The molecule has 1 aromatic carbocycles. The van der Waals surface area contributed by atoms with E-state index in [1.807, 2.05) is 13.8 Å². The van der Waals surface area contributed by atoms with E-state index in [-0.39, 0.29) is 5.60 Å². The predicted octanol–water partition coefficient (Wildman–Crippen LogP) is 4.23. The first-order valence-corrected chi connectivity index (χ1v) is 6.30. The number of rotatable bonds is 5. The minimum Gasteiger partial charge on any atom is -0.388 e. The number of benzene rings is 1. The highest BCUT2D eigenvalue weighted by atomic mass is 35.5. The molecule has 96 valence electrons. The lowest BCUT2D eigenvalue weighted by Gasteiger charge is -2.24. The zero-order valence-electron chi connectivity index (χ0n) is 10.3. The van der Waals surface area contributed by atoms with Crippen LogP contribution in [0.3, 0.4) is 0 Å². The van der Waals surface area contributed by atoms with Crippen LogP contribution in [0, 0.1) is 0 Å². The van der Waals surface area contributed by atoms with E-state index in [0.29, 0.717) is 22.0 Å². The van der Waals surface area contributed by atoms with Crippen LogP contribution in [0.15, 0.2) is 18.2 Å². The Morgan fingerprint density at radius 2 is 2.00 bits per heavy atom. The van der Waals surface area contributed by atoms with Gasteiger partial charge in [0.1, 0.15) is 0 Å². The summed E-state index contributed by atoms with van der Waals surface area (Å²) in [5, 5.41) is 11.0. The standard InChI is InChI=1S/C13H18Cl2O2/c1-13(2,17-3)8-7-11(16)9-5-4-6-10(14)12(9)15/h4-6,11,16H,7-8H2,1-3H3. The Hall–Kier alpha value is -0.280. The fraction of sp³-hybridized carbons (Fsp3) is 0.538. The Balaban J connectivity index is 2.71. The molecule has 0 amide bonds. The molecule has 1 aromatic rings. The summed E-state index contributed by atoms with van der Waals surface area (Å²) < 4.78 is 5.31. The third kappa shape index (κ3) is 4.14. The third-order valence-electron chi connectivity index (χ3n) is 2.91. The molecule has 2 nitrogen and oxygen atoms in total. The van der Waals surface area contributed by atoms with Crippen molar-refractivity contribution in [3.8, 4) is 0 Å². The molecule has 1 rings (SSSR count). The Kier molecular flexibility index (Phi) is 5.26. The SMILES string of the molecule is COC(C)(C)CCC(O)c1cccc(Cl)c1Cl. The van der Waals surface area contributed by atoms with Gasteiger partial charge >= 0.3 is 0 Å². The molecule has 0 aromatic heterocycles. The number of aliphatic hydroxyl groups excluding tert-OH is 1. The molecule has 0 saturated carbocycles. The van der Waals surface area contributed by atoms with Gasteiger partial charge in [-0.2, -0.15) is 0 Å². The van der Waals surface area contributed by atoms with Crippen LogP contribution in [0.25, 0.3) is 0 Å². The van der Waals surface area contributed by atoms with Gasteiger partial charge in [0, 0.05) is 12.7 Å². The van der Waals surface area contributed by atoms with E-state index >= 15 is 0 Å². The maximum absolute atomic E-state index is 10.1. The second-order valence-electron chi connectivity index (χ2n) is 4.66. The van der Waals surface area contributed by atoms with E-state index in [0.717, 1.165) is 6.42 Å². The quantitative estimate of drug-likeness (QED) is 0.872. The van der Waals surface area contributed by atoms with Crippen LogP contribution in [-0.4, -0.2) is 17.8 Å². The fourth-order valence-corrected chi connectivity index (χ4v) is 1.95. The molecule has 0 heterocycles. The van der Waals surface area contributed by atoms with Crippen molar-refractivity contribution in [1.82, 2.24) is 0 Å². The van der Waals surface area contributed by atoms with Crippen LogP contribution < -0.4 is 0 Å². The van der Waals surface area contributed by atoms with E-state index in [1.165, 1.54) is 0 Å². The summed E-state index contributed by atoms with van der Waals surface area (Å²) in [7, 11) is 1.67. The van der Waals surface area contributed by atoms with Gasteiger partial charge < -0.3 is 9.84 Å². The van der Waals surface area contributed by atoms with E-state index in [1.54, 1.807) is 25.3 Å². The van der Waals surface area contributed by atoms with Crippen molar-refractivity contribution in [1.29, 1.82) is 0 Å². The smallest absolute Gasteiger partial charge is 0.0806 e. The summed E-state index contributed by atoms with van der Waals surface area (Å²) in [5.74, 6) is 0. The van der Waals surface area contributed by atoms with Gasteiger partial charge in [-0.25, -0.2) is 0 Å². The average molecular weight is 277 g/mol. The van der Waals surface area contributed by atoms with Crippen LogP contribution in [0.2, 0.25) is 10.0 Å². The number of methoxy groups -OCH3 is 1. The summed E-state index contributed by atoms with van der Waals surface area (Å²) in [6.45, 7) is 3.97. The number of hydrogen-bond acceptors (Lipinski definition) is 2. The molecule has 1 N–H and O–H groups in total. The highest BCUT2D eigenvalue weighted by Crippen LogP contribution is 2.33. The van der Waals surface area contributed by atoms with Gasteiger partial charge in [-0.1, -0.05) is 35.3 Å². The third-order valence-corrected chi connectivity index (χ3v) is 3.75. The van der Waals surface area contributed by atoms with Crippen molar-refractivity contribution in [2.24, 2.45) is 0 Å². The molecule has 0 bridgehead atoms. The molecular formula is C13H18Cl2O2. The van der Waals surface area contributed by atoms with E-state index in [2.05, 4.69) is 0 Å². The van der Waals surface area contributed by atoms with Gasteiger partial charge in [-0.15, -0.1) is 0 Å². The van der Waals surface area contributed by atoms with Crippen LogP contribution in [0.4, 0.5) is 0 Å². The normalized spacial score (nSPS) is 13.8. The molecular weight excluding hydrogens is 259 g/mol. The second-order valence-corrected chi connectivity index (χ2v) is 5.45. The summed E-state index contributed by atoms with van der Waals surface area (Å²) in [4.78, 5) is 0. The molecule has 1 atom stereocenters. The maximum atomic E-state index is 10.1. The van der Waals surface area contributed by atoms with Crippen LogP contribution in [0.1, 0.15) is 38.4 Å². The second kappa shape index (κ2) is 6.05. The molecule has 0 aliphatic heterocycles. The summed E-state index contributed by atoms with van der Waals surface area (Å²) >= 11 is 12.0. The zero-order chi connectivity index (χ0) is 13.1. The molecule has 0 aliphatic carbocycles. The van der Waals surface area contributed by atoms with Crippen molar-refractivity contribution in [3.05, 3.63) is 33.8 Å². The fourth-order valence-electron chi connectivity index (χ4n) is 1.52. The van der Waals surface area contributed by atoms with Crippen molar-refractivity contribution in [2.45, 2.75) is 38.4 Å². The number of hydrogen-bond donors (Lipinski definition) is 1. The van der Waals surface area contributed by atoms with Gasteiger partial charge in [0.2, 0.25) is 0 Å². The van der Waals surface area contributed by atoms with E-state index < -0.39 is 6.10 Å². The molecule has 4 heteroatoms. The molecule has 0 saturated heterocycles. The lowest BCUT2D eigenvalue weighted by Crippen LogP contribution is -2.23. The number of aliphatic hydroxyl groups is 1. The Morgan fingerprint density at radius 3 is 2.59 bits per heavy atom. The first-order valence-electron chi connectivity index (χ1n) is 5.54. The van der Waals surface area contributed by atoms with Crippen molar-refractivity contribution < 1.29 is 9.84 Å². The molecule has 0 radical (unpaired) electrons. The zero-order valence-corrected chi connectivity index (χ0v) is 11.8. The van der Waals surface area contributed by atoms with Crippen molar-refractivity contribution in [2.75, 3.05) is 7.11 Å². The summed E-state index contributed by atoms with van der Waals surface area (Å²) in [6.07, 6.45) is 0.713. The highest BCUT2D eigenvalue weighted by Gasteiger charge is 2.20. The van der Waals surface area contributed by atoms with Gasteiger partial charge in [-0.05, 0) is 32.8 Å². The molecule has 0 fully saturated rings.